The van der Waals surface area contributed by atoms with E-state index in [0.717, 1.165) is 11.3 Å². The number of fused-ring (bicyclic) bond motifs is 1. The number of allylic oxidation sites excluding steroid dienone is 1. The van der Waals surface area contributed by atoms with Crippen LogP contribution in [0.3, 0.4) is 0 Å². The quantitative estimate of drug-likeness (QED) is 0.399. The summed E-state index contributed by atoms with van der Waals surface area (Å²) in [5.41, 5.74) is 3.33. The van der Waals surface area contributed by atoms with Crippen molar-refractivity contribution in [1.82, 2.24) is 20.1 Å². The average Bonchev–Trinajstić information content (AvgIpc) is 3.62. The minimum absolute atomic E-state index is 0.0920. The van der Waals surface area contributed by atoms with Gasteiger partial charge in [-0.3, -0.25) is 14.5 Å². The molecule has 0 amide bonds. The monoisotopic (exact) mass is 571 g/mol. The Kier molecular flexibility index (Phi) is 8.08. The lowest BCUT2D eigenvalue weighted by molar-refractivity contribution is -0.141. The molecule has 0 bridgehead atoms. The maximum Gasteiger partial charge on any atom is 0.338 e. The summed E-state index contributed by atoms with van der Waals surface area (Å²) in [7, 11) is 1.36. The van der Waals surface area contributed by atoms with Crippen molar-refractivity contribution in [3.8, 4) is 0 Å². The molecule has 0 radical (unpaired) electrons. The molecule has 9 nitrogen and oxygen atoms in total. The number of methoxy groups -OCH3 is 1. The Morgan fingerprint density at radius 2 is 2.18 bits per heavy atom. The minimum atomic E-state index is -0.883. The fraction of sp³-hybridized carbons (Fsp3) is 0.370. The number of rotatable bonds is 8. The molecule has 0 saturated carbocycles. The van der Waals surface area contributed by atoms with E-state index >= 15 is 0 Å². The van der Waals surface area contributed by atoms with Gasteiger partial charge in [0.25, 0.3) is 0 Å². The number of aryl methyl sites for hydroxylation is 2. The van der Waals surface area contributed by atoms with Gasteiger partial charge in [-0.1, -0.05) is 23.7 Å². The number of thiazole rings is 1. The lowest BCUT2D eigenvalue weighted by Crippen LogP contribution is -2.38. The Bertz CT molecular complexity index is 1450. The number of carbonyl (C=O) groups is 2. The molecular formula is C27H27ClFN5O4S. The maximum atomic E-state index is 14.6. The number of esters is 2. The number of nitrogens with zero attached hydrogens (tertiary/aromatic N) is 4. The predicted molar refractivity (Wildman–Crippen MR) is 144 cm³/mol. The molecule has 0 fully saturated rings. The van der Waals surface area contributed by atoms with Crippen molar-refractivity contribution in [2.45, 2.75) is 45.2 Å². The van der Waals surface area contributed by atoms with E-state index in [1.54, 1.807) is 29.9 Å². The summed E-state index contributed by atoms with van der Waals surface area (Å²) in [6, 6.07) is 3.61. The van der Waals surface area contributed by atoms with Crippen LogP contribution in [0.4, 0.5) is 4.39 Å². The van der Waals surface area contributed by atoms with Crippen LogP contribution < -0.4 is 5.32 Å². The molecule has 3 heterocycles. The standard InChI is InChI=1S/C27H27ClFN5O4S/c1-3-38-27(36)21-23(15-7-8-19-16(13-15)14-34(33-19)11-9-20(35)37-2)31-25(26-30-10-12-39-26)32-24(21)17-5-4-6-18(29)22(17)28/h4-6,10,12,14-15,24H,3,7-9,11,13H2,1-2H3,(H,31,32). The number of ether oxygens (including phenoxy) is 2. The van der Waals surface area contributed by atoms with E-state index in [1.807, 2.05) is 11.6 Å². The van der Waals surface area contributed by atoms with E-state index in [-0.39, 0.29) is 29.9 Å². The highest BCUT2D eigenvalue weighted by atomic mass is 35.5. The Labute approximate surface area is 233 Å². The Morgan fingerprint density at radius 3 is 2.92 bits per heavy atom. The summed E-state index contributed by atoms with van der Waals surface area (Å²) in [6.07, 6.45) is 5.84. The van der Waals surface area contributed by atoms with Crippen LogP contribution in [0.15, 0.2) is 52.2 Å². The molecule has 204 valence electrons. The molecule has 12 heteroatoms. The molecule has 1 N–H and O–H groups in total. The van der Waals surface area contributed by atoms with Crippen LogP contribution in [-0.4, -0.2) is 46.3 Å². The molecule has 39 heavy (non-hydrogen) atoms. The fourth-order valence-corrected chi connectivity index (χ4v) is 5.77. The molecule has 2 aliphatic rings. The van der Waals surface area contributed by atoms with Crippen molar-refractivity contribution in [3.63, 3.8) is 0 Å². The van der Waals surface area contributed by atoms with E-state index in [1.165, 1.54) is 24.5 Å². The summed E-state index contributed by atoms with van der Waals surface area (Å²) >= 11 is 7.82. The topological polar surface area (TPSA) is 108 Å². The number of benzene rings is 1. The third-order valence-corrected chi connectivity index (χ3v) is 7.96. The summed E-state index contributed by atoms with van der Waals surface area (Å²) in [5.74, 6) is -1.04. The van der Waals surface area contributed by atoms with Gasteiger partial charge in [-0.2, -0.15) is 5.10 Å². The van der Waals surface area contributed by atoms with Gasteiger partial charge in [0.05, 0.1) is 43.0 Å². The number of hydrogen-bond acceptors (Lipinski definition) is 9. The van der Waals surface area contributed by atoms with Crippen LogP contribution in [0.1, 0.15) is 47.6 Å². The lowest BCUT2D eigenvalue weighted by Gasteiger charge is -2.33. The number of amidine groups is 1. The van der Waals surface area contributed by atoms with Crippen LogP contribution in [0.2, 0.25) is 5.02 Å². The molecule has 2 unspecified atom stereocenters. The van der Waals surface area contributed by atoms with Gasteiger partial charge in [0, 0.05) is 35.0 Å². The Hall–Kier alpha value is -3.57. The zero-order valence-electron chi connectivity index (χ0n) is 21.4. The van der Waals surface area contributed by atoms with Crippen LogP contribution >= 0.6 is 22.9 Å². The van der Waals surface area contributed by atoms with Gasteiger partial charge in [-0.15, -0.1) is 11.3 Å². The summed E-state index contributed by atoms with van der Waals surface area (Å²) < 4.78 is 26.5. The van der Waals surface area contributed by atoms with Crippen LogP contribution in [-0.2, 0) is 38.4 Å². The smallest absolute Gasteiger partial charge is 0.338 e. The van der Waals surface area contributed by atoms with E-state index in [2.05, 4.69) is 15.4 Å². The lowest BCUT2D eigenvalue weighted by atomic mass is 9.81. The van der Waals surface area contributed by atoms with E-state index in [9.17, 15) is 14.0 Å². The molecule has 0 saturated heterocycles. The van der Waals surface area contributed by atoms with Crippen molar-refractivity contribution in [3.05, 3.63) is 79.9 Å². The zero-order valence-corrected chi connectivity index (χ0v) is 23.0. The third kappa shape index (κ3) is 5.60. The third-order valence-electron chi connectivity index (χ3n) is 6.78. The van der Waals surface area contributed by atoms with E-state index in [4.69, 9.17) is 26.1 Å². The number of hydrogen-bond donors (Lipinski definition) is 1. The average molecular weight is 572 g/mol. The number of aliphatic imine (C=N–C) groups is 1. The molecule has 1 aromatic carbocycles. The maximum absolute atomic E-state index is 14.6. The van der Waals surface area contributed by atoms with Gasteiger partial charge >= 0.3 is 11.9 Å². The van der Waals surface area contributed by atoms with Gasteiger partial charge in [-0.05, 0) is 37.8 Å². The Morgan fingerprint density at radius 1 is 1.33 bits per heavy atom. The largest absolute Gasteiger partial charge is 0.469 e. The van der Waals surface area contributed by atoms with Crippen molar-refractivity contribution in [2.75, 3.05) is 13.7 Å². The highest BCUT2D eigenvalue weighted by molar-refractivity contribution is 7.11. The number of carbonyl (C=O) groups excluding carboxylic acids is 2. The molecule has 1 aliphatic heterocycles. The molecule has 3 aromatic rings. The first-order chi connectivity index (χ1) is 18.9. The summed E-state index contributed by atoms with van der Waals surface area (Å²) in [6.45, 7) is 2.32. The van der Waals surface area contributed by atoms with Crippen molar-refractivity contribution >= 4 is 40.7 Å². The molecule has 2 atom stereocenters. The second-order valence-electron chi connectivity index (χ2n) is 9.16. The highest BCUT2D eigenvalue weighted by Crippen LogP contribution is 2.41. The molecular weight excluding hydrogens is 545 g/mol. The molecule has 5 rings (SSSR count). The van der Waals surface area contributed by atoms with Crippen LogP contribution in [0, 0.1) is 11.7 Å². The summed E-state index contributed by atoms with van der Waals surface area (Å²) in [5, 5.41) is 10.4. The minimum Gasteiger partial charge on any atom is -0.469 e. The second kappa shape index (κ2) is 11.7. The number of halogens is 2. The first-order valence-electron chi connectivity index (χ1n) is 12.6. The normalized spacial score (nSPS) is 18.7. The van der Waals surface area contributed by atoms with E-state index in [0.29, 0.717) is 53.5 Å². The van der Waals surface area contributed by atoms with Gasteiger partial charge in [-0.25, -0.2) is 14.2 Å². The van der Waals surface area contributed by atoms with Gasteiger partial charge in [0.1, 0.15) is 11.9 Å². The summed E-state index contributed by atoms with van der Waals surface area (Å²) in [4.78, 5) is 34.3. The highest BCUT2D eigenvalue weighted by Gasteiger charge is 2.38. The SMILES string of the molecule is CCOC(=O)C1=C(C2CCc3nn(CCC(=O)OC)cc3C2)NC(c2nccs2)=NC1c1cccc(F)c1Cl. The van der Waals surface area contributed by atoms with Gasteiger partial charge in [0.2, 0.25) is 0 Å². The van der Waals surface area contributed by atoms with Crippen molar-refractivity contribution in [1.29, 1.82) is 0 Å². The molecule has 2 aromatic heterocycles. The predicted octanol–water partition coefficient (Wildman–Crippen LogP) is 4.41. The van der Waals surface area contributed by atoms with Gasteiger partial charge in [0.15, 0.2) is 10.8 Å². The van der Waals surface area contributed by atoms with Crippen molar-refractivity contribution in [2.24, 2.45) is 10.9 Å². The zero-order chi connectivity index (χ0) is 27.5. The number of aromatic nitrogens is 3. The number of nitrogens with one attached hydrogen (secondary N) is 1. The molecule has 0 spiro atoms. The Balaban J connectivity index is 1.56. The second-order valence-corrected chi connectivity index (χ2v) is 10.4. The van der Waals surface area contributed by atoms with Gasteiger partial charge < -0.3 is 14.8 Å². The first-order valence-corrected chi connectivity index (χ1v) is 13.9. The first kappa shape index (κ1) is 27.0. The van der Waals surface area contributed by atoms with Crippen LogP contribution in [0.5, 0.6) is 0 Å². The van der Waals surface area contributed by atoms with Crippen molar-refractivity contribution < 1.29 is 23.5 Å². The van der Waals surface area contributed by atoms with Crippen LogP contribution in [0.25, 0.3) is 0 Å². The molecule has 1 aliphatic carbocycles. The van der Waals surface area contributed by atoms with E-state index < -0.39 is 17.8 Å². The fourth-order valence-electron chi connectivity index (χ4n) is 4.96.